The zero-order valence-corrected chi connectivity index (χ0v) is 13.2. The molecule has 1 aromatic carbocycles. The van der Waals surface area contributed by atoms with Crippen molar-refractivity contribution in [3.8, 4) is 11.4 Å². The van der Waals surface area contributed by atoms with E-state index in [2.05, 4.69) is 0 Å². The van der Waals surface area contributed by atoms with Crippen LogP contribution in [0, 0.1) is 0 Å². The van der Waals surface area contributed by atoms with Crippen molar-refractivity contribution in [3.63, 3.8) is 0 Å². The summed E-state index contributed by atoms with van der Waals surface area (Å²) in [5.74, 6) is -0.0488. The molecule has 24 heavy (non-hydrogen) atoms. The van der Waals surface area contributed by atoms with Crippen molar-refractivity contribution < 1.29 is 9.90 Å². The zero-order valence-electron chi connectivity index (χ0n) is 13.2. The van der Waals surface area contributed by atoms with Gasteiger partial charge in [0.15, 0.2) is 5.78 Å². The Bertz CT molecular complexity index is 1050. The van der Waals surface area contributed by atoms with Crippen molar-refractivity contribution in [2.75, 3.05) is 0 Å². The lowest BCUT2D eigenvalue weighted by molar-refractivity contribution is 0.0988. The van der Waals surface area contributed by atoms with Crippen LogP contribution in [0.25, 0.3) is 22.3 Å². The molecule has 1 N–H and O–H groups in total. The predicted molar refractivity (Wildman–Crippen MR) is 91.1 cm³/mol. The second kappa shape index (κ2) is 5.39. The number of carbonyl (C=O) groups excluding carboxylic acids is 1. The number of ketones is 1. The molecule has 0 atom stereocenters. The van der Waals surface area contributed by atoms with Gasteiger partial charge in [-0.3, -0.25) is 9.59 Å². The molecular formula is C19H16N2O3. The van der Waals surface area contributed by atoms with E-state index >= 15 is 0 Å². The van der Waals surface area contributed by atoms with Crippen molar-refractivity contribution in [3.05, 3.63) is 63.4 Å². The number of nitrogens with zero attached hydrogens (tertiary/aromatic N) is 2. The standard InChI is InChI=1S/C19H16N2O3/c1-2-17(23)12-7-16-19-13(9-21(16)18(24)8-12)6-14-11(10-22)4-3-5-15(14)20-19/h3-8,22H,2,9-10H2,1H3. The maximum absolute atomic E-state index is 12.4. The van der Waals surface area contributed by atoms with Crippen LogP contribution in [0.1, 0.15) is 34.8 Å². The van der Waals surface area contributed by atoms with Gasteiger partial charge in [0.1, 0.15) is 0 Å². The first-order valence-electron chi connectivity index (χ1n) is 7.93. The molecule has 0 fully saturated rings. The molecule has 0 saturated heterocycles. The molecule has 4 rings (SSSR count). The number of carbonyl (C=O) groups is 1. The monoisotopic (exact) mass is 320 g/mol. The molecule has 120 valence electrons. The van der Waals surface area contributed by atoms with Crippen LogP contribution in [0.2, 0.25) is 0 Å². The Morgan fingerprint density at radius 2 is 2.12 bits per heavy atom. The molecule has 5 nitrogen and oxygen atoms in total. The number of fused-ring (bicyclic) bond motifs is 4. The molecule has 1 aliphatic rings. The summed E-state index contributed by atoms with van der Waals surface area (Å²) >= 11 is 0. The van der Waals surface area contributed by atoms with E-state index in [1.165, 1.54) is 6.07 Å². The van der Waals surface area contributed by atoms with Crippen LogP contribution in [-0.2, 0) is 13.2 Å². The third-order valence-corrected chi connectivity index (χ3v) is 4.54. The molecule has 0 spiro atoms. The Morgan fingerprint density at radius 1 is 1.29 bits per heavy atom. The molecule has 0 unspecified atom stereocenters. The molecule has 2 aromatic heterocycles. The number of rotatable bonds is 3. The second-order valence-electron chi connectivity index (χ2n) is 5.97. The minimum absolute atomic E-state index is 0.0488. The van der Waals surface area contributed by atoms with E-state index in [9.17, 15) is 14.7 Å². The fraction of sp³-hybridized carbons (Fsp3) is 0.211. The number of hydrogen-bond acceptors (Lipinski definition) is 4. The number of aromatic nitrogens is 2. The highest BCUT2D eigenvalue weighted by Gasteiger charge is 2.23. The van der Waals surface area contributed by atoms with E-state index in [4.69, 9.17) is 4.98 Å². The molecule has 3 aromatic rings. The number of aliphatic hydroxyl groups is 1. The smallest absolute Gasteiger partial charge is 0.252 e. The number of hydrogen-bond donors (Lipinski definition) is 1. The average molecular weight is 320 g/mol. The van der Waals surface area contributed by atoms with Gasteiger partial charge in [-0.1, -0.05) is 19.1 Å². The van der Waals surface area contributed by atoms with Crippen LogP contribution in [0.15, 0.2) is 41.2 Å². The van der Waals surface area contributed by atoms with Crippen LogP contribution >= 0.6 is 0 Å². The van der Waals surface area contributed by atoms with Gasteiger partial charge in [-0.2, -0.15) is 0 Å². The van der Waals surface area contributed by atoms with Gasteiger partial charge in [-0.15, -0.1) is 0 Å². The lowest BCUT2D eigenvalue weighted by atomic mass is 10.0. The summed E-state index contributed by atoms with van der Waals surface area (Å²) < 4.78 is 1.64. The highest BCUT2D eigenvalue weighted by atomic mass is 16.3. The second-order valence-corrected chi connectivity index (χ2v) is 5.97. The molecule has 0 amide bonds. The normalized spacial score (nSPS) is 12.2. The molecular weight excluding hydrogens is 304 g/mol. The van der Waals surface area contributed by atoms with E-state index in [0.717, 1.165) is 27.7 Å². The van der Waals surface area contributed by atoms with Crippen molar-refractivity contribution in [2.45, 2.75) is 26.5 Å². The van der Waals surface area contributed by atoms with E-state index in [1.807, 2.05) is 24.3 Å². The molecule has 0 radical (unpaired) electrons. The Morgan fingerprint density at radius 3 is 2.88 bits per heavy atom. The molecule has 0 saturated carbocycles. The summed E-state index contributed by atoms with van der Waals surface area (Å²) in [4.78, 5) is 29.0. The Labute approximate surface area is 138 Å². The highest BCUT2D eigenvalue weighted by molar-refractivity contribution is 5.97. The Balaban J connectivity index is 1.98. The highest BCUT2D eigenvalue weighted by Crippen LogP contribution is 2.32. The van der Waals surface area contributed by atoms with Crippen molar-refractivity contribution >= 4 is 16.7 Å². The van der Waals surface area contributed by atoms with Crippen molar-refractivity contribution in [1.29, 1.82) is 0 Å². The third-order valence-electron chi connectivity index (χ3n) is 4.54. The van der Waals surface area contributed by atoms with Gasteiger partial charge in [0, 0.05) is 29.0 Å². The fourth-order valence-corrected chi connectivity index (χ4v) is 3.27. The predicted octanol–water partition coefficient (Wildman–Crippen LogP) is 2.51. The summed E-state index contributed by atoms with van der Waals surface area (Å²) in [5.41, 5.74) is 4.19. The molecule has 0 aliphatic carbocycles. The summed E-state index contributed by atoms with van der Waals surface area (Å²) in [5, 5.41) is 10.4. The average Bonchev–Trinajstić information content (AvgIpc) is 2.97. The van der Waals surface area contributed by atoms with Crippen LogP contribution in [0.3, 0.4) is 0 Å². The van der Waals surface area contributed by atoms with Gasteiger partial charge in [0.25, 0.3) is 5.56 Å². The first kappa shape index (κ1) is 14.8. The Kier molecular flexibility index (Phi) is 3.32. The molecule has 5 heteroatoms. The SMILES string of the molecule is CCC(=O)c1cc2n(c(=O)c1)Cc1cc3c(CO)cccc3nc1-2. The van der Waals surface area contributed by atoms with Gasteiger partial charge >= 0.3 is 0 Å². The van der Waals surface area contributed by atoms with E-state index in [1.54, 1.807) is 17.6 Å². The summed E-state index contributed by atoms with van der Waals surface area (Å²) in [7, 11) is 0. The van der Waals surface area contributed by atoms with E-state index < -0.39 is 0 Å². The number of pyridine rings is 2. The van der Waals surface area contributed by atoms with E-state index in [-0.39, 0.29) is 17.9 Å². The van der Waals surface area contributed by atoms with Crippen LogP contribution in [-0.4, -0.2) is 20.4 Å². The van der Waals surface area contributed by atoms with E-state index in [0.29, 0.717) is 24.2 Å². The molecule has 0 bridgehead atoms. The third kappa shape index (κ3) is 2.09. The summed E-state index contributed by atoms with van der Waals surface area (Å²) in [6, 6.07) is 10.7. The quantitative estimate of drug-likeness (QED) is 0.589. The van der Waals surface area contributed by atoms with Crippen molar-refractivity contribution in [2.24, 2.45) is 0 Å². The lowest BCUT2D eigenvalue weighted by Gasteiger charge is -2.07. The van der Waals surface area contributed by atoms with Gasteiger partial charge in [-0.25, -0.2) is 4.98 Å². The van der Waals surface area contributed by atoms with Gasteiger partial charge in [0.2, 0.25) is 0 Å². The van der Waals surface area contributed by atoms with Crippen LogP contribution in [0.4, 0.5) is 0 Å². The summed E-state index contributed by atoms with van der Waals surface area (Å²) in [6.45, 7) is 2.16. The minimum atomic E-state index is -0.186. The lowest BCUT2D eigenvalue weighted by Crippen LogP contribution is -2.19. The van der Waals surface area contributed by atoms with Crippen molar-refractivity contribution in [1.82, 2.24) is 9.55 Å². The maximum Gasteiger partial charge on any atom is 0.252 e. The number of aliphatic hydroxyl groups excluding tert-OH is 1. The number of benzene rings is 1. The number of Topliss-reactive ketones (excluding diaryl/α,β-unsaturated/α-hetero) is 1. The Hall–Kier alpha value is -2.79. The topological polar surface area (TPSA) is 72.2 Å². The minimum Gasteiger partial charge on any atom is -0.392 e. The van der Waals surface area contributed by atoms with Crippen LogP contribution in [0.5, 0.6) is 0 Å². The zero-order chi connectivity index (χ0) is 16.8. The van der Waals surface area contributed by atoms with Gasteiger partial charge in [-0.05, 0) is 23.8 Å². The fourth-order valence-electron chi connectivity index (χ4n) is 3.27. The maximum atomic E-state index is 12.4. The van der Waals surface area contributed by atoms with Crippen LogP contribution < -0.4 is 5.56 Å². The summed E-state index contributed by atoms with van der Waals surface area (Å²) in [6.07, 6.45) is 0.362. The molecule has 3 heterocycles. The first-order valence-corrected chi connectivity index (χ1v) is 7.93. The van der Waals surface area contributed by atoms with Gasteiger partial charge < -0.3 is 9.67 Å². The van der Waals surface area contributed by atoms with Gasteiger partial charge in [0.05, 0.1) is 30.1 Å². The molecule has 1 aliphatic heterocycles. The first-order chi connectivity index (χ1) is 11.6. The largest absolute Gasteiger partial charge is 0.392 e.